The minimum absolute atomic E-state index is 0. The summed E-state index contributed by atoms with van der Waals surface area (Å²) in [7, 11) is 2.00. The molecule has 0 bridgehead atoms. The van der Waals surface area contributed by atoms with Crippen molar-refractivity contribution >= 4 is 23.2 Å². The molecule has 1 aliphatic heterocycles. The third-order valence-electron chi connectivity index (χ3n) is 4.46. The van der Waals surface area contributed by atoms with Crippen molar-refractivity contribution < 1.29 is 33.5 Å². The molecular weight excluding hydrogens is 415 g/mol. The molecule has 0 saturated heterocycles. The summed E-state index contributed by atoms with van der Waals surface area (Å²) in [5.41, 5.74) is 4.12. The van der Waals surface area contributed by atoms with Crippen LogP contribution in [0, 0.1) is 10.1 Å². The van der Waals surface area contributed by atoms with Gasteiger partial charge in [0.2, 0.25) is 5.69 Å². The van der Waals surface area contributed by atoms with Gasteiger partial charge in [-0.2, -0.15) is 4.58 Å². The number of nitro groups is 1. The van der Waals surface area contributed by atoms with E-state index in [9.17, 15) is 10.1 Å². The van der Waals surface area contributed by atoms with Crippen LogP contribution in [0.25, 0.3) is 6.08 Å². The van der Waals surface area contributed by atoms with Crippen LogP contribution in [0.3, 0.4) is 0 Å². The molecule has 2 aromatic carbocycles. The van der Waals surface area contributed by atoms with Gasteiger partial charge >= 0.3 is 0 Å². The summed E-state index contributed by atoms with van der Waals surface area (Å²) in [6.45, 7) is 4.20. The van der Waals surface area contributed by atoms with E-state index < -0.39 is 0 Å². The van der Waals surface area contributed by atoms with Crippen molar-refractivity contribution in [2.45, 2.75) is 19.3 Å². The van der Waals surface area contributed by atoms with Crippen LogP contribution in [-0.4, -0.2) is 22.3 Å². The third-order valence-corrected chi connectivity index (χ3v) is 4.46. The molecule has 0 saturated carbocycles. The molecule has 24 heavy (non-hydrogen) atoms. The molecule has 4 nitrogen and oxygen atoms in total. The molecule has 0 N–H and O–H groups in total. The van der Waals surface area contributed by atoms with Crippen molar-refractivity contribution in [1.82, 2.24) is 0 Å². The summed E-state index contributed by atoms with van der Waals surface area (Å²) in [5.74, 6) is 0. The number of non-ortho nitro benzene ring substituents is 1. The molecule has 0 aromatic heterocycles. The van der Waals surface area contributed by atoms with Crippen molar-refractivity contribution in [2.24, 2.45) is 0 Å². The van der Waals surface area contributed by atoms with E-state index in [1.807, 2.05) is 31.3 Å². The van der Waals surface area contributed by atoms with Gasteiger partial charge in [-0.05, 0) is 25.5 Å². The highest BCUT2D eigenvalue weighted by Gasteiger charge is 2.43. The number of nitro benzene ring substituents is 1. The van der Waals surface area contributed by atoms with Gasteiger partial charge in [-0.15, -0.1) is 0 Å². The number of fused-ring (bicyclic) bond motifs is 1. The van der Waals surface area contributed by atoms with Gasteiger partial charge in [0.05, 0.1) is 10.3 Å². The van der Waals surface area contributed by atoms with E-state index in [0.29, 0.717) is 0 Å². The first-order chi connectivity index (χ1) is 10.9. The number of rotatable bonds is 3. The lowest BCUT2D eigenvalue weighted by Gasteiger charge is -2.15. The fourth-order valence-electron chi connectivity index (χ4n) is 3.18. The van der Waals surface area contributed by atoms with Crippen LogP contribution >= 0.6 is 0 Å². The molecule has 0 atom stereocenters. The van der Waals surface area contributed by atoms with Crippen molar-refractivity contribution in [2.75, 3.05) is 7.05 Å². The lowest BCUT2D eigenvalue weighted by Crippen LogP contribution is -3.00. The lowest BCUT2D eigenvalue weighted by atomic mass is 9.81. The van der Waals surface area contributed by atoms with E-state index in [1.165, 1.54) is 0 Å². The molecule has 0 unspecified atom stereocenters. The van der Waals surface area contributed by atoms with Gasteiger partial charge in [-0.3, -0.25) is 10.1 Å². The maximum absolute atomic E-state index is 11.1. The third kappa shape index (κ3) is 3.13. The Hall–Kier alpha value is -2.02. The standard InChI is InChI=1S/C19H19N2O2.HI/c1-19(2)16-13-15(21(22)23)10-11-17(16)20(3)18(19)12-9-14-7-5-4-6-8-14;/h4-13H,1-3H3;1H/q+1;/p-1. The quantitative estimate of drug-likeness (QED) is 0.317. The molecule has 2 aromatic rings. The summed E-state index contributed by atoms with van der Waals surface area (Å²) in [6.07, 6.45) is 4.18. The summed E-state index contributed by atoms with van der Waals surface area (Å²) < 4.78 is 2.11. The number of allylic oxidation sites excluding steroid dienone is 1. The zero-order valence-electron chi connectivity index (χ0n) is 13.9. The van der Waals surface area contributed by atoms with Crippen molar-refractivity contribution in [3.63, 3.8) is 0 Å². The van der Waals surface area contributed by atoms with Gasteiger partial charge in [0, 0.05) is 29.8 Å². The minimum atomic E-state index is -0.339. The Morgan fingerprint density at radius 3 is 2.38 bits per heavy atom. The molecule has 0 radical (unpaired) electrons. The van der Waals surface area contributed by atoms with Crippen LogP contribution in [0.15, 0.2) is 54.6 Å². The average Bonchev–Trinajstić information content (AvgIpc) is 2.73. The van der Waals surface area contributed by atoms with Crippen LogP contribution in [0.2, 0.25) is 0 Å². The van der Waals surface area contributed by atoms with Crippen LogP contribution in [0.4, 0.5) is 11.4 Å². The summed E-state index contributed by atoms with van der Waals surface area (Å²) in [6, 6.07) is 15.2. The number of hydrogen-bond acceptors (Lipinski definition) is 2. The Morgan fingerprint density at radius 1 is 1.08 bits per heavy atom. The Bertz CT molecular complexity index is 840. The fraction of sp³-hybridized carbons (Fsp3) is 0.211. The largest absolute Gasteiger partial charge is 1.00 e. The van der Waals surface area contributed by atoms with Crippen molar-refractivity contribution in [1.29, 1.82) is 0 Å². The lowest BCUT2D eigenvalue weighted by molar-refractivity contribution is -0.402. The second-order valence-corrected chi connectivity index (χ2v) is 6.27. The topological polar surface area (TPSA) is 46.1 Å². The molecule has 1 aliphatic rings. The Morgan fingerprint density at radius 2 is 1.75 bits per heavy atom. The number of hydrogen-bond donors (Lipinski definition) is 0. The number of halogens is 1. The molecule has 1 heterocycles. The average molecular weight is 434 g/mol. The molecule has 0 spiro atoms. The highest BCUT2D eigenvalue weighted by molar-refractivity contribution is 6.05. The van der Waals surface area contributed by atoms with E-state index in [-0.39, 0.29) is 40.0 Å². The Labute approximate surface area is 158 Å². The van der Waals surface area contributed by atoms with Gasteiger partial charge in [-0.1, -0.05) is 30.3 Å². The summed E-state index contributed by atoms with van der Waals surface area (Å²) >= 11 is 0. The van der Waals surface area contributed by atoms with Gasteiger partial charge in [0.25, 0.3) is 5.69 Å². The highest BCUT2D eigenvalue weighted by atomic mass is 127. The Kier molecular flexibility index (Phi) is 5.22. The fourth-order valence-corrected chi connectivity index (χ4v) is 3.18. The van der Waals surface area contributed by atoms with Crippen LogP contribution in [-0.2, 0) is 5.41 Å². The van der Waals surface area contributed by atoms with E-state index >= 15 is 0 Å². The number of benzene rings is 2. The van der Waals surface area contributed by atoms with Gasteiger partial charge < -0.3 is 24.0 Å². The molecule has 0 aliphatic carbocycles. The first-order valence-corrected chi connectivity index (χ1v) is 7.54. The second kappa shape index (κ2) is 6.84. The summed E-state index contributed by atoms with van der Waals surface area (Å²) in [4.78, 5) is 10.7. The molecule has 5 heteroatoms. The minimum Gasteiger partial charge on any atom is -1.00 e. The zero-order chi connectivity index (χ0) is 16.6. The van der Waals surface area contributed by atoms with E-state index in [2.05, 4.69) is 42.7 Å². The normalized spacial score (nSPS) is 15.3. The van der Waals surface area contributed by atoms with Gasteiger partial charge in [0.1, 0.15) is 7.05 Å². The van der Waals surface area contributed by atoms with E-state index in [0.717, 1.165) is 22.5 Å². The summed E-state index contributed by atoms with van der Waals surface area (Å²) in [5, 5.41) is 11.1. The molecule has 3 rings (SSSR count). The van der Waals surface area contributed by atoms with Gasteiger partial charge in [-0.25, -0.2) is 0 Å². The monoisotopic (exact) mass is 434 g/mol. The first kappa shape index (κ1) is 18.3. The first-order valence-electron chi connectivity index (χ1n) is 7.54. The van der Waals surface area contributed by atoms with Crippen molar-refractivity contribution in [3.8, 4) is 0 Å². The molecule has 0 fully saturated rings. The van der Waals surface area contributed by atoms with Crippen molar-refractivity contribution in [3.05, 3.63) is 75.8 Å². The maximum atomic E-state index is 11.1. The highest BCUT2D eigenvalue weighted by Crippen LogP contribution is 2.41. The second-order valence-electron chi connectivity index (χ2n) is 6.27. The number of nitrogens with zero attached hydrogens (tertiary/aromatic N) is 2. The Balaban J connectivity index is 0.00000208. The molecule has 124 valence electrons. The van der Waals surface area contributed by atoms with Crippen LogP contribution in [0.1, 0.15) is 25.0 Å². The zero-order valence-corrected chi connectivity index (χ0v) is 16.0. The van der Waals surface area contributed by atoms with E-state index in [4.69, 9.17) is 0 Å². The predicted octanol–water partition coefficient (Wildman–Crippen LogP) is 1.32. The van der Waals surface area contributed by atoms with Crippen LogP contribution in [0.5, 0.6) is 0 Å². The van der Waals surface area contributed by atoms with Gasteiger partial charge in [0.15, 0.2) is 5.71 Å². The van der Waals surface area contributed by atoms with Crippen LogP contribution < -0.4 is 24.0 Å². The maximum Gasteiger partial charge on any atom is 0.270 e. The molecular formula is C19H19IN2O2. The predicted molar refractivity (Wildman–Crippen MR) is 92.4 cm³/mol. The molecule has 0 amide bonds. The SMILES string of the molecule is C[N+]1=C(C=Cc2ccccc2)C(C)(C)c2cc([N+](=O)[O-])ccc21.[I-]. The van der Waals surface area contributed by atoms with E-state index in [1.54, 1.807) is 12.1 Å². The smallest absolute Gasteiger partial charge is 0.270 e.